The van der Waals surface area contributed by atoms with E-state index in [2.05, 4.69) is 27.0 Å². The van der Waals surface area contributed by atoms with Gasteiger partial charge in [-0.1, -0.05) is 6.07 Å². The maximum atomic E-state index is 6.09. The average molecular weight is 283 g/mol. The molecule has 2 aromatic rings. The lowest BCUT2D eigenvalue weighted by Gasteiger charge is -2.08. The molecule has 0 radical (unpaired) electrons. The number of aromatic nitrogens is 1. The number of nitrogens with two attached hydrogens (primary N) is 1. The Morgan fingerprint density at radius 2 is 2.20 bits per heavy atom. The molecule has 0 aliphatic rings. The molecule has 0 saturated heterocycles. The molecule has 2 nitrogen and oxygen atoms in total. The number of thiophene rings is 1. The van der Waals surface area contributed by atoms with E-state index in [1.165, 1.54) is 4.88 Å². The molecule has 2 aromatic heterocycles. The molecule has 78 valence electrons. The molecule has 0 aromatic carbocycles. The van der Waals surface area contributed by atoms with E-state index in [9.17, 15) is 0 Å². The van der Waals surface area contributed by atoms with Crippen LogP contribution in [0.1, 0.15) is 16.6 Å². The van der Waals surface area contributed by atoms with E-state index in [1.54, 1.807) is 17.5 Å². The Bertz CT molecular complexity index is 427. The lowest BCUT2D eigenvalue weighted by molar-refractivity contribution is 0.720. The Morgan fingerprint density at radius 3 is 2.80 bits per heavy atom. The van der Waals surface area contributed by atoms with Crippen LogP contribution in [0.3, 0.4) is 0 Å². The molecule has 0 aliphatic carbocycles. The van der Waals surface area contributed by atoms with E-state index in [1.807, 2.05) is 24.3 Å². The van der Waals surface area contributed by atoms with Crippen LogP contribution in [0, 0.1) is 0 Å². The zero-order valence-corrected chi connectivity index (χ0v) is 10.5. The summed E-state index contributed by atoms with van der Waals surface area (Å²) in [5, 5.41) is 0. The second-order valence-electron chi connectivity index (χ2n) is 3.27. The van der Waals surface area contributed by atoms with Gasteiger partial charge in [0.2, 0.25) is 0 Å². The van der Waals surface area contributed by atoms with Crippen LogP contribution in [0.4, 0.5) is 0 Å². The van der Waals surface area contributed by atoms with Crippen molar-refractivity contribution in [3.63, 3.8) is 0 Å². The van der Waals surface area contributed by atoms with Crippen molar-refractivity contribution in [2.45, 2.75) is 12.5 Å². The van der Waals surface area contributed by atoms with Crippen molar-refractivity contribution in [3.8, 4) is 0 Å². The molecule has 0 bridgehead atoms. The smallest absolute Gasteiger partial charge is 0.0701 e. The summed E-state index contributed by atoms with van der Waals surface area (Å²) in [6, 6.07) is 10.0. The predicted octanol–water partition coefficient (Wildman–Crippen LogP) is 3.15. The molecule has 0 spiro atoms. The topological polar surface area (TPSA) is 38.9 Å². The summed E-state index contributed by atoms with van der Waals surface area (Å²) in [4.78, 5) is 5.45. The fraction of sp³-hybridized carbons (Fsp3) is 0.182. The van der Waals surface area contributed by atoms with Crippen LogP contribution >= 0.6 is 27.3 Å². The van der Waals surface area contributed by atoms with Crippen LogP contribution in [0.15, 0.2) is 40.3 Å². The molecule has 0 fully saturated rings. The first kappa shape index (κ1) is 10.8. The van der Waals surface area contributed by atoms with Gasteiger partial charge in [0.05, 0.1) is 3.79 Å². The van der Waals surface area contributed by atoms with Gasteiger partial charge in [0, 0.05) is 29.2 Å². The molecular formula is C11H11BrN2S. The lowest BCUT2D eigenvalue weighted by atomic mass is 10.1. The van der Waals surface area contributed by atoms with Crippen molar-refractivity contribution in [2.24, 2.45) is 5.73 Å². The summed E-state index contributed by atoms with van der Waals surface area (Å²) in [6.45, 7) is 0. The van der Waals surface area contributed by atoms with Crippen molar-refractivity contribution in [1.82, 2.24) is 4.98 Å². The standard InChI is InChI=1S/C11H11BrN2S/c12-11-5-4-10(15-11)9(13)7-8-3-1-2-6-14-8/h1-6,9H,7,13H2. The van der Waals surface area contributed by atoms with Gasteiger partial charge in [-0.25, -0.2) is 0 Å². The van der Waals surface area contributed by atoms with Crippen LogP contribution in [0.5, 0.6) is 0 Å². The van der Waals surface area contributed by atoms with Crippen LogP contribution < -0.4 is 5.73 Å². The molecule has 2 rings (SSSR count). The lowest BCUT2D eigenvalue weighted by Crippen LogP contribution is -2.12. The fourth-order valence-corrected chi connectivity index (χ4v) is 2.80. The molecular weight excluding hydrogens is 272 g/mol. The number of pyridine rings is 1. The highest BCUT2D eigenvalue weighted by Crippen LogP contribution is 2.27. The van der Waals surface area contributed by atoms with Gasteiger partial charge in [-0.3, -0.25) is 4.98 Å². The normalized spacial score (nSPS) is 12.7. The first-order valence-corrected chi connectivity index (χ1v) is 6.27. The van der Waals surface area contributed by atoms with Crippen LogP contribution in [0.2, 0.25) is 0 Å². The number of rotatable bonds is 3. The van der Waals surface area contributed by atoms with Crippen LogP contribution in [0.25, 0.3) is 0 Å². The molecule has 1 atom stereocenters. The first-order valence-electron chi connectivity index (χ1n) is 4.66. The van der Waals surface area contributed by atoms with Gasteiger partial charge in [0.15, 0.2) is 0 Å². The quantitative estimate of drug-likeness (QED) is 0.939. The van der Waals surface area contributed by atoms with Gasteiger partial charge in [-0.15, -0.1) is 11.3 Å². The highest BCUT2D eigenvalue weighted by molar-refractivity contribution is 9.11. The third-order valence-corrected chi connectivity index (χ3v) is 3.87. The summed E-state index contributed by atoms with van der Waals surface area (Å²) in [5.74, 6) is 0. The van der Waals surface area contributed by atoms with Gasteiger partial charge in [-0.2, -0.15) is 0 Å². The zero-order chi connectivity index (χ0) is 10.7. The Hall–Kier alpha value is -0.710. The first-order chi connectivity index (χ1) is 7.25. The molecule has 2 N–H and O–H groups in total. The minimum atomic E-state index is 0.0381. The van der Waals surface area contributed by atoms with Crippen LogP contribution in [-0.4, -0.2) is 4.98 Å². The Kier molecular flexibility index (Phi) is 3.51. The predicted molar refractivity (Wildman–Crippen MR) is 66.9 cm³/mol. The number of hydrogen-bond donors (Lipinski definition) is 1. The van der Waals surface area contributed by atoms with Crippen molar-refractivity contribution in [2.75, 3.05) is 0 Å². The summed E-state index contributed by atoms with van der Waals surface area (Å²) in [6.07, 6.45) is 2.58. The number of hydrogen-bond acceptors (Lipinski definition) is 3. The second kappa shape index (κ2) is 4.88. The van der Waals surface area contributed by atoms with Crippen molar-refractivity contribution in [3.05, 3.63) is 50.9 Å². The average Bonchev–Trinajstić information content (AvgIpc) is 2.66. The van der Waals surface area contributed by atoms with Crippen molar-refractivity contribution in [1.29, 1.82) is 0 Å². The van der Waals surface area contributed by atoms with Crippen molar-refractivity contribution >= 4 is 27.3 Å². The van der Waals surface area contributed by atoms with Gasteiger partial charge in [0.1, 0.15) is 0 Å². The molecule has 0 saturated carbocycles. The Morgan fingerprint density at radius 1 is 1.33 bits per heavy atom. The molecule has 1 unspecified atom stereocenters. The third kappa shape index (κ3) is 2.87. The number of halogens is 1. The van der Waals surface area contributed by atoms with E-state index in [-0.39, 0.29) is 6.04 Å². The fourth-order valence-electron chi connectivity index (χ4n) is 1.37. The molecule has 0 amide bonds. The summed E-state index contributed by atoms with van der Waals surface area (Å²) in [7, 11) is 0. The van der Waals surface area contributed by atoms with Gasteiger partial charge in [-0.05, 0) is 40.2 Å². The van der Waals surface area contributed by atoms with E-state index in [0.29, 0.717) is 0 Å². The van der Waals surface area contributed by atoms with E-state index < -0.39 is 0 Å². The summed E-state index contributed by atoms with van der Waals surface area (Å²) >= 11 is 5.11. The third-order valence-electron chi connectivity index (χ3n) is 2.11. The number of nitrogens with zero attached hydrogens (tertiary/aromatic N) is 1. The van der Waals surface area contributed by atoms with Crippen LogP contribution in [-0.2, 0) is 6.42 Å². The Labute approximate surface area is 101 Å². The maximum absolute atomic E-state index is 6.09. The largest absolute Gasteiger partial charge is 0.323 e. The summed E-state index contributed by atoms with van der Waals surface area (Å²) < 4.78 is 1.12. The van der Waals surface area contributed by atoms with Gasteiger partial charge in [0.25, 0.3) is 0 Å². The molecule has 15 heavy (non-hydrogen) atoms. The monoisotopic (exact) mass is 282 g/mol. The molecule has 4 heteroatoms. The summed E-state index contributed by atoms with van der Waals surface area (Å²) in [5.41, 5.74) is 7.13. The molecule has 0 aliphatic heterocycles. The minimum absolute atomic E-state index is 0.0381. The highest BCUT2D eigenvalue weighted by atomic mass is 79.9. The maximum Gasteiger partial charge on any atom is 0.0701 e. The van der Waals surface area contributed by atoms with Gasteiger partial charge >= 0.3 is 0 Å². The molecule has 2 heterocycles. The highest BCUT2D eigenvalue weighted by Gasteiger charge is 2.09. The van der Waals surface area contributed by atoms with E-state index in [4.69, 9.17) is 5.73 Å². The SMILES string of the molecule is NC(Cc1ccccn1)c1ccc(Br)s1. The van der Waals surface area contributed by atoms with E-state index in [0.717, 1.165) is 15.9 Å². The second-order valence-corrected chi connectivity index (χ2v) is 5.77. The zero-order valence-electron chi connectivity index (χ0n) is 8.06. The van der Waals surface area contributed by atoms with Gasteiger partial charge < -0.3 is 5.73 Å². The van der Waals surface area contributed by atoms with Crippen molar-refractivity contribution < 1.29 is 0 Å². The Balaban J connectivity index is 2.07. The van der Waals surface area contributed by atoms with E-state index >= 15 is 0 Å². The minimum Gasteiger partial charge on any atom is -0.323 e.